The number of ether oxygens (including phenoxy) is 1. The van der Waals surface area contributed by atoms with Gasteiger partial charge in [0.2, 0.25) is 5.91 Å². The van der Waals surface area contributed by atoms with Crippen LogP contribution in [0.15, 0.2) is 18.2 Å². The zero-order valence-electron chi connectivity index (χ0n) is 10.3. The van der Waals surface area contributed by atoms with Crippen LogP contribution in [0.2, 0.25) is 0 Å². The summed E-state index contributed by atoms with van der Waals surface area (Å²) in [6, 6.07) is 4.84. The number of anilines is 2. The molecule has 2 N–H and O–H groups in total. The number of benzene rings is 1. The van der Waals surface area contributed by atoms with Crippen LogP contribution in [0.3, 0.4) is 0 Å². The lowest BCUT2D eigenvalue weighted by molar-refractivity contribution is -0.116. The van der Waals surface area contributed by atoms with Crippen LogP contribution in [0, 0.1) is 0 Å². The summed E-state index contributed by atoms with van der Waals surface area (Å²) in [7, 11) is 0. The van der Waals surface area contributed by atoms with E-state index in [0.29, 0.717) is 31.9 Å². The largest absolute Gasteiger partial charge is 0.478 e. The van der Waals surface area contributed by atoms with E-state index in [0.717, 1.165) is 5.69 Å². The number of hydrogen-bond donors (Lipinski definition) is 2. The van der Waals surface area contributed by atoms with Crippen LogP contribution in [0.4, 0.5) is 11.4 Å². The van der Waals surface area contributed by atoms with E-state index in [1.165, 1.54) is 6.07 Å². The summed E-state index contributed by atoms with van der Waals surface area (Å²) < 4.78 is 5.40. The first-order valence-electron chi connectivity index (χ1n) is 6.17. The van der Waals surface area contributed by atoms with Crippen LogP contribution in [0.25, 0.3) is 0 Å². The highest BCUT2D eigenvalue weighted by molar-refractivity contribution is 5.99. The Kier molecular flexibility index (Phi) is 2.87. The molecule has 0 radical (unpaired) electrons. The molecule has 1 fully saturated rings. The maximum absolute atomic E-state index is 11.8. The van der Waals surface area contributed by atoms with E-state index in [2.05, 4.69) is 10.2 Å². The van der Waals surface area contributed by atoms with Crippen molar-refractivity contribution >= 4 is 23.3 Å². The molecule has 100 valence electrons. The monoisotopic (exact) mass is 262 g/mol. The van der Waals surface area contributed by atoms with Crippen LogP contribution in [-0.4, -0.2) is 42.8 Å². The lowest BCUT2D eigenvalue weighted by Gasteiger charge is -2.36. The van der Waals surface area contributed by atoms with Crippen LogP contribution in [0.5, 0.6) is 0 Å². The molecular formula is C13H14N2O4. The molecule has 1 aromatic carbocycles. The van der Waals surface area contributed by atoms with E-state index in [-0.39, 0.29) is 17.5 Å². The zero-order chi connectivity index (χ0) is 13.4. The van der Waals surface area contributed by atoms with Crippen LogP contribution >= 0.6 is 0 Å². The Morgan fingerprint density at radius 2 is 2.32 bits per heavy atom. The maximum Gasteiger partial charge on any atom is 0.335 e. The van der Waals surface area contributed by atoms with Gasteiger partial charge in [-0.2, -0.15) is 0 Å². The normalized spacial score (nSPS) is 22.0. The minimum atomic E-state index is -1.00. The summed E-state index contributed by atoms with van der Waals surface area (Å²) >= 11 is 0. The Hall–Kier alpha value is -2.08. The molecule has 0 aliphatic carbocycles. The van der Waals surface area contributed by atoms with Crippen molar-refractivity contribution < 1.29 is 19.4 Å². The first-order valence-corrected chi connectivity index (χ1v) is 6.17. The average molecular weight is 262 g/mol. The number of carbonyl (C=O) groups excluding carboxylic acids is 1. The van der Waals surface area contributed by atoms with Crippen molar-refractivity contribution in [3.63, 3.8) is 0 Å². The standard InChI is InChI=1S/C13H14N2O4/c16-12-6-9-7-19-4-3-15(9)11-2-1-8(13(17)18)5-10(11)14-12/h1-2,5,9H,3-4,6-7H2,(H,14,16)(H,17,18). The molecule has 6 heteroatoms. The van der Waals surface area contributed by atoms with Crippen molar-refractivity contribution in [2.75, 3.05) is 30.0 Å². The molecule has 1 aromatic rings. The Bertz CT molecular complexity index is 543. The molecular weight excluding hydrogens is 248 g/mol. The van der Waals surface area contributed by atoms with Crippen molar-refractivity contribution in [2.24, 2.45) is 0 Å². The van der Waals surface area contributed by atoms with Gasteiger partial charge in [-0.15, -0.1) is 0 Å². The number of nitrogens with one attached hydrogen (secondary N) is 1. The summed E-state index contributed by atoms with van der Waals surface area (Å²) in [5, 5.41) is 11.8. The minimum absolute atomic E-state index is 0.0191. The maximum atomic E-state index is 11.8. The topological polar surface area (TPSA) is 78.9 Å². The molecule has 1 unspecified atom stereocenters. The van der Waals surface area contributed by atoms with Crippen molar-refractivity contribution in [1.29, 1.82) is 0 Å². The fourth-order valence-corrected chi connectivity index (χ4v) is 2.58. The van der Waals surface area contributed by atoms with Crippen molar-refractivity contribution in [3.05, 3.63) is 23.8 Å². The van der Waals surface area contributed by atoms with E-state index < -0.39 is 5.97 Å². The second-order valence-corrected chi connectivity index (χ2v) is 4.71. The highest BCUT2D eigenvalue weighted by Crippen LogP contribution is 2.33. The van der Waals surface area contributed by atoms with Gasteiger partial charge in [0.15, 0.2) is 0 Å². The molecule has 0 bridgehead atoms. The molecule has 0 spiro atoms. The van der Waals surface area contributed by atoms with E-state index >= 15 is 0 Å². The van der Waals surface area contributed by atoms with Gasteiger partial charge in [0, 0.05) is 13.0 Å². The predicted octanol–water partition coefficient (Wildman–Crippen LogP) is 0.932. The smallest absolute Gasteiger partial charge is 0.335 e. The quantitative estimate of drug-likeness (QED) is 0.787. The lowest BCUT2D eigenvalue weighted by Crippen LogP contribution is -2.45. The highest BCUT2D eigenvalue weighted by Gasteiger charge is 2.30. The van der Waals surface area contributed by atoms with E-state index in [1.807, 2.05) is 0 Å². The molecule has 19 heavy (non-hydrogen) atoms. The van der Waals surface area contributed by atoms with Gasteiger partial charge in [0.05, 0.1) is 36.2 Å². The number of carboxylic acid groups (broad SMARTS) is 1. The molecule has 2 heterocycles. The van der Waals surface area contributed by atoms with E-state index in [4.69, 9.17) is 9.84 Å². The average Bonchev–Trinajstić information content (AvgIpc) is 2.53. The third-order valence-electron chi connectivity index (χ3n) is 3.48. The number of morpholine rings is 1. The lowest BCUT2D eigenvalue weighted by atomic mass is 10.1. The molecule has 2 aliphatic rings. The van der Waals surface area contributed by atoms with Gasteiger partial charge < -0.3 is 20.1 Å². The third-order valence-corrected chi connectivity index (χ3v) is 3.48. The van der Waals surface area contributed by atoms with E-state index in [1.54, 1.807) is 12.1 Å². The number of rotatable bonds is 1. The van der Waals surface area contributed by atoms with Gasteiger partial charge in [-0.05, 0) is 18.2 Å². The summed E-state index contributed by atoms with van der Waals surface area (Å²) in [4.78, 5) is 24.9. The molecule has 1 amide bonds. The second-order valence-electron chi connectivity index (χ2n) is 4.71. The van der Waals surface area contributed by atoms with Gasteiger partial charge in [-0.25, -0.2) is 4.79 Å². The number of hydrogen-bond acceptors (Lipinski definition) is 4. The number of aromatic carboxylic acids is 1. The number of carboxylic acids is 1. The summed E-state index contributed by atoms with van der Waals surface area (Å²) in [5.41, 5.74) is 1.60. The van der Waals surface area contributed by atoms with Gasteiger partial charge in [-0.1, -0.05) is 0 Å². The van der Waals surface area contributed by atoms with Gasteiger partial charge in [-0.3, -0.25) is 4.79 Å². The molecule has 6 nitrogen and oxygen atoms in total. The molecule has 3 rings (SSSR count). The number of nitrogens with zero attached hydrogens (tertiary/aromatic N) is 1. The second kappa shape index (κ2) is 4.55. The molecule has 2 aliphatic heterocycles. The SMILES string of the molecule is O=C1CC2COCCN2c2ccc(C(=O)O)cc2N1. The molecule has 0 aromatic heterocycles. The Labute approximate surface area is 110 Å². The number of fused-ring (bicyclic) bond motifs is 3. The van der Waals surface area contributed by atoms with Crippen LogP contribution < -0.4 is 10.2 Å². The fourth-order valence-electron chi connectivity index (χ4n) is 2.58. The number of carbonyl (C=O) groups is 2. The van der Waals surface area contributed by atoms with Crippen molar-refractivity contribution in [3.8, 4) is 0 Å². The number of amides is 1. The van der Waals surface area contributed by atoms with Crippen molar-refractivity contribution in [1.82, 2.24) is 0 Å². The Morgan fingerprint density at radius 3 is 3.11 bits per heavy atom. The minimum Gasteiger partial charge on any atom is -0.478 e. The van der Waals surface area contributed by atoms with Crippen LogP contribution in [-0.2, 0) is 9.53 Å². The van der Waals surface area contributed by atoms with Gasteiger partial charge in [0.25, 0.3) is 0 Å². The first-order chi connectivity index (χ1) is 9.15. The summed E-state index contributed by atoms with van der Waals surface area (Å²) in [6.07, 6.45) is 0.358. The zero-order valence-corrected chi connectivity index (χ0v) is 10.3. The van der Waals surface area contributed by atoms with Crippen molar-refractivity contribution in [2.45, 2.75) is 12.5 Å². The molecule has 1 atom stereocenters. The van der Waals surface area contributed by atoms with Crippen LogP contribution in [0.1, 0.15) is 16.8 Å². The Balaban J connectivity index is 2.05. The fraction of sp³-hybridized carbons (Fsp3) is 0.385. The Morgan fingerprint density at radius 1 is 1.47 bits per heavy atom. The molecule has 1 saturated heterocycles. The summed E-state index contributed by atoms with van der Waals surface area (Å²) in [6.45, 7) is 1.84. The van der Waals surface area contributed by atoms with Gasteiger partial charge in [0.1, 0.15) is 0 Å². The predicted molar refractivity (Wildman–Crippen MR) is 68.6 cm³/mol. The molecule has 0 saturated carbocycles. The van der Waals surface area contributed by atoms with E-state index in [9.17, 15) is 9.59 Å². The first kappa shape index (κ1) is 12.0. The third kappa shape index (κ3) is 2.15. The highest BCUT2D eigenvalue weighted by atomic mass is 16.5. The summed E-state index contributed by atoms with van der Waals surface area (Å²) in [5.74, 6) is -1.11. The van der Waals surface area contributed by atoms with Gasteiger partial charge >= 0.3 is 5.97 Å².